The van der Waals surface area contributed by atoms with E-state index in [-0.39, 0.29) is 17.5 Å². The molecule has 2 atom stereocenters. The molecule has 154 valence electrons. The SMILES string of the molecule is Cc1sc2nc(SCC(=O)N[C@H]3CCCC[C@H]3C)n(CC(C)C)c(=O)c2c1C. The van der Waals surface area contributed by atoms with Gasteiger partial charge in [-0.1, -0.05) is 45.4 Å². The number of aromatic nitrogens is 2. The van der Waals surface area contributed by atoms with Crippen molar-refractivity contribution in [3.63, 3.8) is 0 Å². The van der Waals surface area contributed by atoms with Crippen molar-refractivity contribution in [2.75, 3.05) is 5.75 Å². The van der Waals surface area contributed by atoms with Crippen molar-refractivity contribution < 1.29 is 4.79 Å². The van der Waals surface area contributed by atoms with Crippen molar-refractivity contribution >= 4 is 39.2 Å². The third-order valence-electron chi connectivity index (χ3n) is 5.59. The molecule has 0 spiro atoms. The van der Waals surface area contributed by atoms with Gasteiger partial charge in [0.25, 0.3) is 5.56 Å². The summed E-state index contributed by atoms with van der Waals surface area (Å²) >= 11 is 2.94. The Balaban J connectivity index is 1.81. The van der Waals surface area contributed by atoms with Gasteiger partial charge in [0.2, 0.25) is 5.91 Å². The van der Waals surface area contributed by atoms with Gasteiger partial charge in [0.1, 0.15) is 4.83 Å². The van der Waals surface area contributed by atoms with Gasteiger partial charge < -0.3 is 5.32 Å². The Labute approximate surface area is 175 Å². The van der Waals surface area contributed by atoms with Crippen LogP contribution in [0.1, 0.15) is 56.9 Å². The van der Waals surface area contributed by atoms with E-state index in [9.17, 15) is 9.59 Å². The molecule has 7 heteroatoms. The van der Waals surface area contributed by atoms with Gasteiger partial charge >= 0.3 is 0 Å². The summed E-state index contributed by atoms with van der Waals surface area (Å²) in [6, 6.07) is 0.276. The number of rotatable bonds is 6. The lowest BCUT2D eigenvalue weighted by Gasteiger charge is -2.29. The van der Waals surface area contributed by atoms with Crippen LogP contribution in [0.25, 0.3) is 10.2 Å². The third kappa shape index (κ3) is 4.62. The van der Waals surface area contributed by atoms with Gasteiger partial charge in [0.05, 0.1) is 11.1 Å². The number of nitrogens with zero attached hydrogens (tertiary/aromatic N) is 2. The molecule has 1 saturated carbocycles. The van der Waals surface area contributed by atoms with Gasteiger partial charge in [0, 0.05) is 17.5 Å². The maximum absolute atomic E-state index is 13.1. The van der Waals surface area contributed by atoms with Gasteiger partial charge in [-0.2, -0.15) is 0 Å². The fourth-order valence-corrected chi connectivity index (χ4v) is 5.74. The van der Waals surface area contributed by atoms with E-state index in [2.05, 4.69) is 26.1 Å². The number of hydrogen-bond acceptors (Lipinski definition) is 5. The maximum atomic E-state index is 13.1. The molecule has 1 fully saturated rings. The number of carbonyl (C=O) groups is 1. The molecule has 2 aromatic rings. The molecule has 0 bridgehead atoms. The molecule has 1 aliphatic rings. The van der Waals surface area contributed by atoms with Gasteiger partial charge in [-0.3, -0.25) is 14.2 Å². The van der Waals surface area contributed by atoms with Crippen LogP contribution in [0.2, 0.25) is 0 Å². The smallest absolute Gasteiger partial charge is 0.263 e. The largest absolute Gasteiger partial charge is 0.352 e. The summed E-state index contributed by atoms with van der Waals surface area (Å²) in [6.07, 6.45) is 4.69. The Kier molecular flexibility index (Phi) is 6.86. The zero-order valence-corrected chi connectivity index (χ0v) is 19.1. The lowest BCUT2D eigenvalue weighted by atomic mass is 9.86. The van der Waals surface area contributed by atoms with Crippen molar-refractivity contribution in [3.8, 4) is 0 Å². The normalized spacial score (nSPS) is 20.1. The van der Waals surface area contributed by atoms with Crippen LogP contribution in [-0.2, 0) is 11.3 Å². The van der Waals surface area contributed by atoms with E-state index < -0.39 is 0 Å². The predicted molar refractivity (Wildman–Crippen MR) is 118 cm³/mol. The van der Waals surface area contributed by atoms with Crippen molar-refractivity contribution in [3.05, 3.63) is 20.8 Å². The molecule has 5 nitrogen and oxygen atoms in total. The lowest BCUT2D eigenvalue weighted by Crippen LogP contribution is -2.42. The summed E-state index contributed by atoms with van der Waals surface area (Å²) in [7, 11) is 0. The zero-order chi connectivity index (χ0) is 20.4. The quantitative estimate of drug-likeness (QED) is 0.550. The highest BCUT2D eigenvalue weighted by Crippen LogP contribution is 2.29. The van der Waals surface area contributed by atoms with Gasteiger partial charge in [-0.15, -0.1) is 11.3 Å². The van der Waals surface area contributed by atoms with E-state index in [1.54, 1.807) is 15.9 Å². The van der Waals surface area contributed by atoms with Crippen molar-refractivity contribution in [1.29, 1.82) is 0 Å². The van der Waals surface area contributed by atoms with Crippen molar-refractivity contribution in [1.82, 2.24) is 14.9 Å². The topological polar surface area (TPSA) is 64.0 Å². The van der Waals surface area contributed by atoms with Crippen molar-refractivity contribution in [2.45, 2.75) is 78.0 Å². The minimum absolute atomic E-state index is 0.0179. The number of aryl methyl sites for hydroxylation is 2. The zero-order valence-electron chi connectivity index (χ0n) is 17.5. The van der Waals surface area contributed by atoms with E-state index in [0.29, 0.717) is 29.3 Å². The molecular formula is C21H31N3O2S2. The molecule has 0 radical (unpaired) electrons. The first-order chi connectivity index (χ1) is 13.3. The van der Waals surface area contributed by atoms with Crippen LogP contribution in [0.5, 0.6) is 0 Å². The highest BCUT2D eigenvalue weighted by molar-refractivity contribution is 7.99. The highest BCUT2D eigenvalue weighted by Gasteiger charge is 2.23. The van der Waals surface area contributed by atoms with Crippen LogP contribution in [0.3, 0.4) is 0 Å². The summed E-state index contributed by atoms with van der Waals surface area (Å²) in [5.41, 5.74) is 1.04. The number of hydrogen-bond donors (Lipinski definition) is 1. The first kappa shape index (κ1) is 21.4. The molecule has 1 N–H and O–H groups in total. The lowest BCUT2D eigenvalue weighted by molar-refractivity contribution is -0.119. The van der Waals surface area contributed by atoms with Gasteiger partial charge in [-0.05, 0) is 44.1 Å². The van der Waals surface area contributed by atoms with Crippen molar-refractivity contribution in [2.24, 2.45) is 11.8 Å². The molecule has 2 heterocycles. The second kappa shape index (κ2) is 8.99. The van der Waals surface area contributed by atoms with Crippen LogP contribution in [0, 0.1) is 25.7 Å². The molecule has 2 aromatic heterocycles. The molecule has 28 heavy (non-hydrogen) atoms. The molecular weight excluding hydrogens is 390 g/mol. The number of carbonyl (C=O) groups excluding carboxylic acids is 1. The molecule has 0 unspecified atom stereocenters. The van der Waals surface area contributed by atoms with E-state index in [1.807, 2.05) is 13.8 Å². The highest BCUT2D eigenvalue weighted by atomic mass is 32.2. The Bertz CT molecular complexity index is 916. The Hall–Kier alpha value is -1.34. The number of thioether (sulfide) groups is 1. The van der Waals surface area contributed by atoms with Crippen LogP contribution in [0.15, 0.2) is 9.95 Å². The average molecular weight is 422 g/mol. The molecule has 1 aliphatic carbocycles. The fourth-order valence-electron chi connectivity index (χ4n) is 3.85. The maximum Gasteiger partial charge on any atom is 0.263 e. The molecule has 0 aromatic carbocycles. The Morgan fingerprint density at radius 3 is 2.71 bits per heavy atom. The fraction of sp³-hybridized carbons (Fsp3) is 0.667. The summed E-state index contributed by atoms with van der Waals surface area (Å²) < 4.78 is 1.76. The van der Waals surface area contributed by atoms with Gasteiger partial charge in [-0.25, -0.2) is 4.98 Å². The van der Waals surface area contributed by atoms with Crippen LogP contribution < -0.4 is 10.9 Å². The summed E-state index contributed by atoms with van der Waals surface area (Å²) in [5, 5.41) is 4.57. The predicted octanol–water partition coefficient (Wildman–Crippen LogP) is 4.52. The molecule has 0 aliphatic heterocycles. The van der Waals surface area contributed by atoms with E-state index in [1.165, 1.54) is 31.0 Å². The molecule has 0 saturated heterocycles. The minimum atomic E-state index is 0.0179. The standard InChI is InChI=1S/C21H31N3O2S2/c1-12(2)10-24-20(26)18-14(4)15(5)28-19(18)23-21(24)27-11-17(25)22-16-9-7-6-8-13(16)3/h12-13,16H,6-11H2,1-5H3,(H,22,25)/t13-,16+/m1/s1. The Morgan fingerprint density at radius 1 is 1.32 bits per heavy atom. The summed E-state index contributed by atoms with van der Waals surface area (Å²) in [4.78, 5) is 32.3. The first-order valence-electron chi connectivity index (χ1n) is 10.2. The van der Waals surface area contributed by atoms with E-state index in [4.69, 9.17) is 4.98 Å². The number of thiophene rings is 1. The second-order valence-corrected chi connectivity index (χ2v) is 10.5. The Morgan fingerprint density at radius 2 is 2.04 bits per heavy atom. The number of nitrogens with one attached hydrogen (secondary N) is 1. The van der Waals surface area contributed by atoms with Crippen LogP contribution in [-0.4, -0.2) is 27.3 Å². The number of fused-ring (bicyclic) bond motifs is 1. The summed E-state index contributed by atoms with van der Waals surface area (Å²) in [5.74, 6) is 1.19. The second-order valence-electron chi connectivity index (χ2n) is 8.39. The van der Waals surface area contributed by atoms with E-state index in [0.717, 1.165) is 27.1 Å². The monoisotopic (exact) mass is 421 g/mol. The summed E-state index contributed by atoms with van der Waals surface area (Å²) in [6.45, 7) is 11.0. The van der Waals surface area contributed by atoms with Gasteiger partial charge in [0.15, 0.2) is 5.16 Å². The van der Waals surface area contributed by atoms with Crippen LogP contribution >= 0.6 is 23.1 Å². The molecule has 1 amide bonds. The number of amides is 1. The minimum Gasteiger partial charge on any atom is -0.352 e. The molecule has 3 rings (SSSR count). The van der Waals surface area contributed by atoms with Crippen LogP contribution in [0.4, 0.5) is 0 Å². The van der Waals surface area contributed by atoms with E-state index >= 15 is 0 Å². The first-order valence-corrected chi connectivity index (χ1v) is 12.0. The third-order valence-corrected chi connectivity index (χ3v) is 7.67. The average Bonchev–Trinajstić information content (AvgIpc) is 2.92.